The van der Waals surface area contributed by atoms with E-state index < -0.39 is 0 Å². The summed E-state index contributed by atoms with van der Waals surface area (Å²) in [5.74, 6) is -0.204. The van der Waals surface area contributed by atoms with Crippen molar-refractivity contribution in [1.29, 1.82) is 0 Å². The van der Waals surface area contributed by atoms with E-state index in [2.05, 4.69) is 10.6 Å². The van der Waals surface area contributed by atoms with E-state index in [0.717, 1.165) is 11.4 Å². The number of nitrogens with zero attached hydrogens (tertiary/aromatic N) is 1. The molecule has 6 nitrogen and oxygen atoms in total. The standard InChI is InChI=1S/C20H25N3O3/c1-3-23(18-10-5-4-6-11-18)20(25)16-8-7-9-17(14-16)22-15-19(24)21-12-13-26-2/h4-11,14,22H,3,12-13,15H2,1-2H3,(H,21,24). The van der Waals surface area contributed by atoms with Crippen molar-refractivity contribution in [3.05, 3.63) is 60.2 Å². The van der Waals surface area contributed by atoms with E-state index in [-0.39, 0.29) is 18.4 Å². The van der Waals surface area contributed by atoms with Gasteiger partial charge < -0.3 is 20.3 Å². The number of carbonyl (C=O) groups is 2. The van der Waals surface area contributed by atoms with E-state index in [9.17, 15) is 9.59 Å². The van der Waals surface area contributed by atoms with Gasteiger partial charge in [0.15, 0.2) is 0 Å². The number of anilines is 2. The summed E-state index contributed by atoms with van der Waals surface area (Å²) in [5, 5.41) is 5.78. The van der Waals surface area contributed by atoms with Gasteiger partial charge in [0.05, 0.1) is 13.2 Å². The van der Waals surface area contributed by atoms with Gasteiger partial charge in [0, 0.05) is 37.1 Å². The molecule has 2 rings (SSSR count). The highest BCUT2D eigenvalue weighted by molar-refractivity contribution is 6.06. The van der Waals surface area contributed by atoms with Crippen LogP contribution in [0.1, 0.15) is 17.3 Å². The predicted octanol–water partition coefficient (Wildman–Crippen LogP) is 2.53. The average molecular weight is 355 g/mol. The molecule has 0 unspecified atom stereocenters. The molecule has 26 heavy (non-hydrogen) atoms. The van der Waals surface area contributed by atoms with Crippen LogP contribution in [0.5, 0.6) is 0 Å². The molecule has 0 fully saturated rings. The first-order chi connectivity index (χ1) is 12.7. The molecule has 0 aromatic heterocycles. The van der Waals surface area contributed by atoms with Gasteiger partial charge in [0.2, 0.25) is 5.91 Å². The highest BCUT2D eigenvalue weighted by Crippen LogP contribution is 2.18. The summed E-state index contributed by atoms with van der Waals surface area (Å²) in [7, 11) is 1.59. The van der Waals surface area contributed by atoms with Crippen molar-refractivity contribution in [3.8, 4) is 0 Å². The number of methoxy groups -OCH3 is 1. The topological polar surface area (TPSA) is 70.7 Å². The van der Waals surface area contributed by atoms with Gasteiger partial charge in [-0.1, -0.05) is 24.3 Å². The van der Waals surface area contributed by atoms with Crippen LogP contribution in [-0.4, -0.2) is 45.2 Å². The van der Waals surface area contributed by atoms with Crippen molar-refractivity contribution in [3.63, 3.8) is 0 Å². The number of amides is 2. The Morgan fingerprint density at radius 2 is 1.85 bits per heavy atom. The van der Waals surface area contributed by atoms with Gasteiger partial charge in [-0.05, 0) is 37.3 Å². The van der Waals surface area contributed by atoms with Crippen LogP contribution in [0.4, 0.5) is 11.4 Å². The first-order valence-electron chi connectivity index (χ1n) is 8.62. The van der Waals surface area contributed by atoms with E-state index in [4.69, 9.17) is 4.74 Å². The SMILES string of the molecule is CCN(C(=O)c1cccc(NCC(=O)NCCOC)c1)c1ccccc1. The summed E-state index contributed by atoms with van der Waals surface area (Å²) in [6.07, 6.45) is 0. The number of hydrogen-bond acceptors (Lipinski definition) is 4. The lowest BCUT2D eigenvalue weighted by molar-refractivity contribution is -0.119. The third-order valence-corrected chi connectivity index (χ3v) is 3.82. The zero-order chi connectivity index (χ0) is 18.8. The molecule has 2 aromatic rings. The third-order valence-electron chi connectivity index (χ3n) is 3.82. The van der Waals surface area contributed by atoms with Gasteiger partial charge in [-0.25, -0.2) is 0 Å². The van der Waals surface area contributed by atoms with Crippen LogP contribution in [-0.2, 0) is 9.53 Å². The Morgan fingerprint density at radius 1 is 1.08 bits per heavy atom. The van der Waals surface area contributed by atoms with Crippen LogP contribution >= 0.6 is 0 Å². The number of ether oxygens (including phenoxy) is 1. The van der Waals surface area contributed by atoms with Gasteiger partial charge in [0.1, 0.15) is 0 Å². The molecule has 2 aromatic carbocycles. The average Bonchev–Trinajstić information content (AvgIpc) is 2.68. The molecule has 0 saturated carbocycles. The van der Waals surface area contributed by atoms with E-state index in [0.29, 0.717) is 25.3 Å². The molecular weight excluding hydrogens is 330 g/mol. The second-order valence-corrected chi connectivity index (χ2v) is 5.66. The first-order valence-corrected chi connectivity index (χ1v) is 8.62. The number of rotatable bonds is 9. The Kier molecular flexibility index (Phi) is 7.64. The van der Waals surface area contributed by atoms with Gasteiger partial charge in [0.25, 0.3) is 5.91 Å². The fraction of sp³-hybridized carbons (Fsp3) is 0.300. The molecule has 0 bridgehead atoms. The zero-order valence-electron chi connectivity index (χ0n) is 15.2. The molecule has 0 atom stereocenters. The minimum Gasteiger partial charge on any atom is -0.383 e. The summed E-state index contributed by atoms with van der Waals surface area (Å²) in [5.41, 5.74) is 2.15. The second kappa shape index (κ2) is 10.2. The van der Waals surface area contributed by atoms with Crippen LogP contribution in [0.3, 0.4) is 0 Å². The minimum atomic E-state index is -0.127. The second-order valence-electron chi connectivity index (χ2n) is 5.66. The Labute approximate surface area is 154 Å². The summed E-state index contributed by atoms with van der Waals surface area (Å²) in [4.78, 5) is 26.3. The molecule has 6 heteroatoms. The quantitative estimate of drug-likeness (QED) is 0.678. The van der Waals surface area contributed by atoms with Crippen molar-refractivity contribution in [2.75, 3.05) is 43.6 Å². The molecule has 2 amide bonds. The number of carbonyl (C=O) groups excluding carboxylic acids is 2. The fourth-order valence-electron chi connectivity index (χ4n) is 2.51. The highest BCUT2D eigenvalue weighted by atomic mass is 16.5. The molecule has 0 aliphatic rings. The van der Waals surface area contributed by atoms with Crippen LogP contribution in [0, 0.1) is 0 Å². The van der Waals surface area contributed by atoms with E-state index in [1.54, 1.807) is 30.2 Å². The number of benzene rings is 2. The minimum absolute atomic E-state index is 0.0769. The largest absolute Gasteiger partial charge is 0.383 e. The lowest BCUT2D eigenvalue weighted by atomic mass is 10.1. The maximum Gasteiger partial charge on any atom is 0.258 e. The molecule has 0 heterocycles. The zero-order valence-corrected chi connectivity index (χ0v) is 15.2. The molecule has 0 saturated heterocycles. The lowest BCUT2D eigenvalue weighted by Gasteiger charge is -2.21. The van der Waals surface area contributed by atoms with Crippen LogP contribution in [0.2, 0.25) is 0 Å². The van der Waals surface area contributed by atoms with E-state index >= 15 is 0 Å². The highest BCUT2D eigenvalue weighted by Gasteiger charge is 2.16. The first kappa shape index (κ1) is 19.5. The summed E-state index contributed by atoms with van der Waals surface area (Å²) < 4.78 is 4.89. The Balaban J connectivity index is 2.01. The van der Waals surface area contributed by atoms with Crippen LogP contribution in [0.25, 0.3) is 0 Å². The van der Waals surface area contributed by atoms with Crippen LogP contribution in [0.15, 0.2) is 54.6 Å². The van der Waals surface area contributed by atoms with Gasteiger partial charge in [-0.15, -0.1) is 0 Å². The Hall–Kier alpha value is -2.86. The third kappa shape index (κ3) is 5.60. The number of para-hydroxylation sites is 1. The van der Waals surface area contributed by atoms with Crippen molar-refractivity contribution < 1.29 is 14.3 Å². The Morgan fingerprint density at radius 3 is 2.54 bits per heavy atom. The smallest absolute Gasteiger partial charge is 0.258 e. The maximum atomic E-state index is 12.8. The fourth-order valence-corrected chi connectivity index (χ4v) is 2.51. The van der Waals surface area contributed by atoms with E-state index in [1.807, 2.05) is 43.3 Å². The monoisotopic (exact) mass is 355 g/mol. The van der Waals surface area contributed by atoms with E-state index in [1.165, 1.54) is 0 Å². The molecule has 0 aliphatic carbocycles. The Bertz CT molecular complexity index is 719. The van der Waals surface area contributed by atoms with Crippen molar-refractivity contribution in [2.45, 2.75) is 6.92 Å². The number of nitrogens with one attached hydrogen (secondary N) is 2. The van der Waals surface area contributed by atoms with Gasteiger partial charge in [-0.2, -0.15) is 0 Å². The molecular formula is C20H25N3O3. The molecule has 0 radical (unpaired) electrons. The molecule has 0 spiro atoms. The summed E-state index contributed by atoms with van der Waals surface area (Å²) in [6, 6.07) is 16.7. The predicted molar refractivity (Wildman–Crippen MR) is 104 cm³/mol. The molecule has 138 valence electrons. The molecule has 0 aliphatic heterocycles. The summed E-state index contributed by atoms with van der Waals surface area (Å²) >= 11 is 0. The summed E-state index contributed by atoms with van der Waals surface area (Å²) in [6.45, 7) is 3.59. The lowest BCUT2D eigenvalue weighted by Crippen LogP contribution is -2.32. The maximum absolute atomic E-state index is 12.8. The van der Waals surface area contributed by atoms with Crippen molar-refractivity contribution in [2.24, 2.45) is 0 Å². The van der Waals surface area contributed by atoms with Gasteiger partial charge >= 0.3 is 0 Å². The normalized spacial score (nSPS) is 10.2. The van der Waals surface area contributed by atoms with Crippen molar-refractivity contribution >= 4 is 23.2 Å². The molecule has 2 N–H and O–H groups in total. The van der Waals surface area contributed by atoms with Gasteiger partial charge in [-0.3, -0.25) is 9.59 Å². The van der Waals surface area contributed by atoms with Crippen molar-refractivity contribution in [1.82, 2.24) is 5.32 Å². The van der Waals surface area contributed by atoms with Crippen LogP contribution < -0.4 is 15.5 Å². The number of hydrogen-bond donors (Lipinski definition) is 2.